The van der Waals surface area contributed by atoms with Crippen LogP contribution in [0.1, 0.15) is 53.8 Å². The summed E-state index contributed by atoms with van der Waals surface area (Å²) in [6.45, 7) is 4.75. The zero-order valence-corrected chi connectivity index (χ0v) is 10.9. The quantitative estimate of drug-likeness (QED) is 0.746. The number of fused-ring (bicyclic) bond motifs is 1. The first-order chi connectivity index (χ1) is 8.65. The molecule has 3 nitrogen and oxygen atoms in total. The molecule has 1 aliphatic heterocycles. The molecule has 0 aliphatic carbocycles. The van der Waals surface area contributed by atoms with E-state index < -0.39 is 0 Å². The summed E-state index contributed by atoms with van der Waals surface area (Å²) in [7, 11) is 0. The molecule has 1 radical (unpaired) electrons. The summed E-state index contributed by atoms with van der Waals surface area (Å²) >= 11 is 0. The van der Waals surface area contributed by atoms with Gasteiger partial charge in [0.1, 0.15) is 0 Å². The number of rotatable bonds is 5. The van der Waals surface area contributed by atoms with Crippen molar-refractivity contribution in [3.63, 3.8) is 0 Å². The Hall–Kier alpha value is -1.64. The van der Waals surface area contributed by atoms with Crippen molar-refractivity contribution < 1.29 is 9.59 Å². The number of hydrogen-bond donors (Lipinski definition) is 0. The molecule has 0 fully saturated rings. The predicted molar refractivity (Wildman–Crippen MR) is 70.3 cm³/mol. The summed E-state index contributed by atoms with van der Waals surface area (Å²) in [6.07, 6.45) is 2.89. The summed E-state index contributed by atoms with van der Waals surface area (Å²) in [5, 5.41) is 0. The van der Waals surface area contributed by atoms with E-state index in [1.165, 1.54) is 10.8 Å². The molecule has 0 unspecified atom stereocenters. The minimum absolute atomic E-state index is 0.148. The monoisotopic (exact) mass is 244 g/mol. The number of amides is 2. The highest BCUT2D eigenvalue weighted by Gasteiger charge is 2.34. The Kier molecular flexibility index (Phi) is 3.80. The van der Waals surface area contributed by atoms with Gasteiger partial charge in [-0.05, 0) is 30.9 Å². The molecule has 1 heterocycles. The van der Waals surface area contributed by atoms with Crippen molar-refractivity contribution in [2.75, 3.05) is 6.54 Å². The molecule has 0 saturated heterocycles. The average Bonchev–Trinajstić information content (AvgIpc) is 2.64. The molecule has 0 N–H and O–H groups in total. The van der Waals surface area contributed by atoms with Crippen LogP contribution in [0.3, 0.4) is 0 Å². The van der Waals surface area contributed by atoms with Crippen molar-refractivity contribution in [1.82, 2.24) is 4.90 Å². The van der Waals surface area contributed by atoms with Crippen molar-refractivity contribution in [3.05, 3.63) is 41.3 Å². The molecule has 0 atom stereocenters. The number of carbonyl (C=O) groups excluding carboxylic acids is 2. The summed E-state index contributed by atoms with van der Waals surface area (Å²) in [5.74, 6) is 1.11. The molecule has 0 aromatic heterocycles. The van der Waals surface area contributed by atoms with E-state index in [1.54, 1.807) is 24.3 Å². The van der Waals surface area contributed by atoms with E-state index in [4.69, 9.17) is 0 Å². The molecule has 1 aromatic carbocycles. The molecule has 2 amide bonds. The van der Waals surface area contributed by atoms with Crippen LogP contribution in [0, 0.1) is 5.92 Å². The SMILES string of the molecule is CC[C](C)CCCN1C(=O)c2ccccc2C1=O. The number of imide groups is 1. The van der Waals surface area contributed by atoms with Gasteiger partial charge in [0.05, 0.1) is 11.1 Å². The Bertz CT molecular complexity index is 432. The fourth-order valence-electron chi connectivity index (χ4n) is 2.16. The Balaban J connectivity index is 2.01. The van der Waals surface area contributed by atoms with Crippen molar-refractivity contribution >= 4 is 11.8 Å². The Morgan fingerprint density at radius 1 is 1.11 bits per heavy atom. The molecule has 0 bridgehead atoms. The normalized spacial score (nSPS) is 14.5. The lowest BCUT2D eigenvalue weighted by Crippen LogP contribution is -2.30. The van der Waals surface area contributed by atoms with Gasteiger partial charge in [-0.15, -0.1) is 0 Å². The van der Waals surface area contributed by atoms with Crippen LogP contribution in [0.15, 0.2) is 24.3 Å². The van der Waals surface area contributed by atoms with Gasteiger partial charge < -0.3 is 0 Å². The first-order valence-corrected chi connectivity index (χ1v) is 6.41. The molecule has 1 aromatic rings. The van der Waals surface area contributed by atoms with Crippen molar-refractivity contribution in [1.29, 1.82) is 0 Å². The second-order valence-corrected chi connectivity index (χ2v) is 4.72. The zero-order chi connectivity index (χ0) is 13.1. The fourth-order valence-corrected chi connectivity index (χ4v) is 2.16. The minimum Gasteiger partial charge on any atom is -0.274 e. The third-order valence-corrected chi connectivity index (χ3v) is 3.47. The van der Waals surface area contributed by atoms with Gasteiger partial charge in [0.2, 0.25) is 0 Å². The lowest BCUT2D eigenvalue weighted by Gasteiger charge is -2.14. The lowest BCUT2D eigenvalue weighted by molar-refractivity contribution is 0.0652. The maximum atomic E-state index is 12.1. The van der Waals surface area contributed by atoms with Gasteiger partial charge >= 0.3 is 0 Å². The maximum absolute atomic E-state index is 12.1. The van der Waals surface area contributed by atoms with E-state index in [0.717, 1.165) is 19.3 Å². The molecule has 18 heavy (non-hydrogen) atoms. The largest absolute Gasteiger partial charge is 0.274 e. The highest BCUT2D eigenvalue weighted by atomic mass is 16.2. The van der Waals surface area contributed by atoms with E-state index >= 15 is 0 Å². The molecular weight excluding hydrogens is 226 g/mol. The number of carbonyl (C=O) groups is 2. The number of hydrogen-bond acceptors (Lipinski definition) is 2. The third kappa shape index (κ3) is 2.30. The highest BCUT2D eigenvalue weighted by Crippen LogP contribution is 2.23. The van der Waals surface area contributed by atoms with Crippen molar-refractivity contribution in [2.45, 2.75) is 33.1 Å². The van der Waals surface area contributed by atoms with Gasteiger partial charge in [0.25, 0.3) is 11.8 Å². The van der Waals surface area contributed by atoms with E-state index in [1.807, 2.05) is 0 Å². The van der Waals surface area contributed by atoms with Crippen LogP contribution in [-0.2, 0) is 0 Å². The lowest BCUT2D eigenvalue weighted by atomic mass is 10.0. The molecular formula is C15H18NO2. The fraction of sp³-hybridized carbons (Fsp3) is 0.400. The molecule has 0 saturated carbocycles. The first kappa shape index (κ1) is 12.8. The molecule has 2 rings (SSSR count). The van der Waals surface area contributed by atoms with Crippen LogP contribution in [0.5, 0.6) is 0 Å². The standard InChI is InChI=1S/C15H18NO2/c1-3-11(2)7-6-10-16-14(17)12-8-4-5-9-13(12)15(16)18/h4-5,8-9H,3,6-7,10H2,1-2H3. The number of nitrogens with zero attached hydrogens (tertiary/aromatic N) is 1. The van der Waals surface area contributed by atoms with Gasteiger partial charge in [-0.1, -0.05) is 32.4 Å². The summed E-state index contributed by atoms with van der Waals surface area (Å²) in [6, 6.07) is 7.03. The Morgan fingerprint density at radius 3 is 2.17 bits per heavy atom. The predicted octanol–water partition coefficient (Wildman–Crippen LogP) is 3.07. The van der Waals surface area contributed by atoms with Crippen LogP contribution in [0.4, 0.5) is 0 Å². The maximum Gasteiger partial charge on any atom is 0.261 e. The van der Waals surface area contributed by atoms with E-state index in [2.05, 4.69) is 13.8 Å². The molecule has 95 valence electrons. The van der Waals surface area contributed by atoms with Crippen LogP contribution in [-0.4, -0.2) is 23.3 Å². The third-order valence-electron chi connectivity index (χ3n) is 3.47. The highest BCUT2D eigenvalue weighted by molar-refractivity contribution is 6.21. The van der Waals surface area contributed by atoms with Gasteiger partial charge in [-0.2, -0.15) is 0 Å². The summed E-state index contributed by atoms with van der Waals surface area (Å²) < 4.78 is 0. The van der Waals surface area contributed by atoms with Crippen LogP contribution in [0.2, 0.25) is 0 Å². The van der Waals surface area contributed by atoms with E-state index in [-0.39, 0.29) is 11.8 Å². The molecule has 0 spiro atoms. The second kappa shape index (κ2) is 5.34. The number of benzene rings is 1. The van der Waals surface area contributed by atoms with Crippen molar-refractivity contribution in [3.8, 4) is 0 Å². The van der Waals surface area contributed by atoms with Crippen molar-refractivity contribution in [2.24, 2.45) is 0 Å². The van der Waals surface area contributed by atoms with Gasteiger partial charge in [0.15, 0.2) is 0 Å². The zero-order valence-electron chi connectivity index (χ0n) is 10.9. The van der Waals surface area contributed by atoms with Crippen LogP contribution >= 0.6 is 0 Å². The van der Waals surface area contributed by atoms with Gasteiger partial charge in [-0.25, -0.2) is 0 Å². The Labute approximate surface area is 108 Å². The molecule has 1 aliphatic rings. The van der Waals surface area contributed by atoms with Crippen LogP contribution in [0.25, 0.3) is 0 Å². The minimum atomic E-state index is -0.148. The van der Waals surface area contributed by atoms with Gasteiger partial charge in [0, 0.05) is 6.54 Å². The second-order valence-electron chi connectivity index (χ2n) is 4.72. The summed E-state index contributed by atoms with van der Waals surface area (Å²) in [5.41, 5.74) is 1.08. The van der Waals surface area contributed by atoms with E-state index in [0.29, 0.717) is 17.7 Å². The van der Waals surface area contributed by atoms with E-state index in [9.17, 15) is 9.59 Å². The topological polar surface area (TPSA) is 37.4 Å². The molecule has 3 heteroatoms. The van der Waals surface area contributed by atoms with Crippen LogP contribution < -0.4 is 0 Å². The Morgan fingerprint density at radius 2 is 1.67 bits per heavy atom. The first-order valence-electron chi connectivity index (χ1n) is 6.41. The smallest absolute Gasteiger partial charge is 0.261 e. The van der Waals surface area contributed by atoms with Gasteiger partial charge in [-0.3, -0.25) is 14.5 Å². The summed E-state index contributed by atoms with van der Waals surface area (Å²) in [4.78, 5) is 25.5. The average molecular weight is 244 g/mol.